The summed E-state index contributed by atoms with van der Waals surface area (Å²) in [5.74, 6) is 0.825. The Kier molecular flexibility index (Phi) is 3.41. The highest BCUT2D eigenvalue weighted by atomic mass is 15.1. The van der Waals surface area contributed by atoms with Crippen molar-refractivity contribution in [3.63, 3.8) is 0 Å². The smallest absolute Gasteiger partial charge is 0.0535 e. The van der Waals surface area contributed by atoms with Gasteiger partial charge in [0.25, 0.3) is 0 Å². The maximum atomic E-state index is 4.04. The lowest BCUT2D eigenvalue weighted by molar-refractivity contribution is 0.279. The SMILES string of the molecule is Cc1[nH]ncc1CN[C@@H]1CCCC[C@@H]1C. The van der Waals surface area contributed by atoms with Crippen molar-refractivity contribution < 1.29 is 0 Å². The summed E-state index contributed by atoms with van der Waals surface area (Å²) in [6.07, 6.45) is 7.42. The van der Waals surface area contributed by atoms with Crippen LogP contribution in [0, 0.1) is 12.8 Å². The molecule has 1 aliphatic carbocycles. The molecule has 15 heavy (non-hydrogen) atoms. The molecule has 1 heterocycles. The molecule has 1 fully saturated rings. The number of rotatable bonds is 3. The Labute approximate surface area is 91.7 Å². The molecule has 84 valence electrons. The summed E-state index contributed by atoms with van der Waals surface area (Å²) < 4.78 is 0. The monoisotopic (exact) mass is 207 g/mol. The minimum Gasteiger partial charge on any atom is -0.310 e. The van der Waals surface area contributed by atoms with E-state index in [1.807, 2.05) is 6.20 Å². The van der Waals surface area contributed by atoms with Crippen LogP contribution in [0.5, 0.6) is 0 Å². The second-order valence-electron chi connectivity index (χ2n) is 4.77. The van der Waals surface area contributed by atoms with Crippen LogP contribution in [0.3, 0.4) is 0 Å². The Morgan fingerprint density at radius 1 is 1.47 bits per heavy atom. The first kappa shape index (κ1) is 10.7. The van der Waals surface area contributed by atoms with Gasteiger partial charge in [0.05, 0.1) is 6.20 Å². The molecule has 3 nitrogen and oxygen atoms in total. The van der Waals surface area contributed by atoms with E-state index in [0.29, 0.717) is 6.04 Å². The highest BCUT2D eigenvalue weighted by Crippen LogP contribution is 2.24. The maximum absolute atomic E-state index is 4.04. The first-order valence-electron chi connectivity index (χ1n) is 5.99. The Hall–Kier alpha value is -0.830. The van der Waals surface area contributed by atoms with Crippen molar-refractivity contribution in [3.8, 4) is 0 Å². The molecular formula is C12H21N3. The normalized spacial score (nSPS) is 26.8. The minimum atomic E-state index is 0.702. The fourth-order valence-corrected chi connectivity index (χ4v) is 2.41. The standard InChI is InChI=1S/C12H21N3/c1-9-5-3-4-6-12(9)13-7-11-8-14-15-10(11)2/h8-9,12-13H,3-7H2,1-2H3,(H,14,15)/t9-,12+/m0/s1. The lowest BCUT2D eigenvalue weighted by atomic mass is 9.86. The van der Waals surface area contributed by atoms with E-state index in [2.05, 4.69) is 29.4 Å². The zero-order valence-electron chi connectivity index (χ0n) is 9.71. The molecule has 2 atom stereocenters. The van der Waals surface area contributed by atoms with Gasteiger partial charge < -0.3 is 5.32 Å². The Balaban J connectivity index is 1.84. The number of aryl methyl sites for hydroxylation is 1. The zero-order valence-corrected chi connectivity index (χ0v) is 9.71. The molecule has 1 aliphatic rings. The molecule has 1 aromatic heterocycles. The molecule has 0 spiro atoms. The van der Waals surface area contributed by atoms with Gasteiger partial charge in [-0.2, -0.15) is 5.10 Å². The van der Waals surface area contributed by atoms with Crippen molar-refractivity contribution in [2.75, 3.05) is 0 Å². The molecule has 1 aromatic rings. The van der Waals surface area contributed by atoms with Crippen LogP contribution in [-0.4, -0.2) is 16.2 Å². The lowest BCUT2D eigenvalue weighted by Gasteiger charge is -2.29. The van der Waals surface area contributed by atoms with Crippen LogP contribution < -0.4 is 5.32 Å². The van der Waals surface area contributed by atoms with Crippen LogP contribution in [0.15, 0.2) is 6.20 Å². The predicted octanol–water partition coefficient (Wildman–Crippen LogP) is 2.39. The van der Waals surface area contributed by atoms with E-state index < -0.39 is 0 Å². The van der Waals surface area contributed by atoms with Crippen molar-refractivity contribution in [1.82, 2.24) is 15.5 Å². The summed E-state index contributed by atoms with van der Waals surface area (Å²) in [7, 11) is 0. The van der Waals surface area contributed by atoms with Gasteiger partial charge in [0.1, 0.15) is 0 Å². The van der Waals surface area contributed by atoms with Gasteiger partial charge in [-0.1, -0.05) is 19.8 Å². The molecule has 0 radical (unpaired) electrons. The van der Waals surface area contributed by atoms with E-state index in [4.69, 9.17) is 0 Å². The maximum Gasteiger partial charge on any atom is 0.0535 e. The minimum absolute atomic E-state index is 0.702. The third-order valence-electron chi connectivity index (χ3n) is 3.60. The van der Waals surface area contributed by atoms with Crippen LogP contribution in [0.2, 0.25) is 0 Å². The molecule has 3 heteroatoms. The van der Waals surface area contributed by atoms with E-state index in [9.17, 15) is 0 Å². The Morgan fingerprint density at radius 2 is 2.27 bits per heavy atom. The quantitative estimate of drug-likeness (QED) is 0.799. The molecule has 0 amide bonds. The van der Waals surface area contributed by atoms with Gasteiger partial charge in [0, 0.05) is 23.8 Å². The van der Waals surface area contributed by atoms with Crippen molar-refractivity contribution in [2.45, 2.75) is 52.1 Å². The van der Waals surface area contributed by atoms with E-state index in [-0.39, 0.29) is 0 Å². The molecule has 0 unspecified atom stereocenters. The summed E-state index contributed by atoms with van der Waals surface area (Å²) >= 11 is 0. The summed E-state index contributed by atoms with van der Waals surface area (Å²) in [6.45, 7) is 5.39. The first-order valence-corrected chi connectivity index (χ1v) is 5.99. The summed E-state index contributed by atoms with van der Waals surface area (Å²) in [4.78, 5) is 0. The summed E-state index contributed by atoms with van der Waals surface area (Å²) in [5.41, 5.74) is 2.48. The van der Waals surface area contributed by atoms with Crippen molar-refractivity contribution in [2.24, 2.45) is 5.92 Å². The fourth-order valence-electron chi connectivity index (χ4n) is 2.41. The van der Waals surface area contributed by atoms with Crippen LogP contribution >= 0.6 is 0 Å². The molecule has 0 aromatic carbocycles. The molecule has 0 saturated heterocycles. The van der Waals surface area contributed by atoms with Gasteiger partial charge >= 0.3 is 0 Å². The molecule has 0 aliphatic heterocycles. The van der Waals surface area contributed by atoms with Crippen LogP contribution in [0.1, 0.15) is 43.9 Å². The van der Waals surface area contributed by atoms with E-state index >= 15 is 0 Å². The van der Waals surface area contributed by atoms with Gasteiger partial charge in [-0.3, -0.25) is 5.10 Å². The van der Waals surface area contributed by atoms with Crippen LogP contribution in [0.25, 0.3) is 0 Å². The number of hydrogen-bond acceptors (Lipinski definition) is 2. The summed E-state index contributed by atoms with van der Waals surface area (Å²) in [6, 6.07) is 0.702. The van der Waals surface area contributed by atoms with Crippen LogP contribution in [0.4, 0.5) is 0 Å². The topological polar surface area (TPSA) is 40.7 Å². The number of nitrogens with one attached hydrogen (secondary N) is 2. The average Bonchev–Trinajstić information content (AvgIpc) is 2.63. The largest absolute Gasteiger partial charge is 0.310 e. The second kappa shape index (κ2) is 4.79. The van der Waals surface area contributed by atoms with E-state index in [1.165, 1.54) is 36.9 Å². The third kappa shape index (κ3) is 2.59. The Bertz CT molecular complexity index is 306. The van der Waals surface area contributed by atoms with Crippen molar-refractivity contribution in [3.05, 3.63) is 17.5 Å². The van der Waals surface area contributed by atoms with E-state index in [0.717, 1.165) is 12.5 Å². The van der Waals surface area contributed by atoms with Crippen molar-refractivity contribution >= 4 is 0 Å². The molecule has 2 rings (SSSR count). The average molecular weight is 207 g/mol. The summed E-state index contributed by atoms with van der Waals surface area (Å²) in [5, 5.41) is 10.7. The van der Waals surface area contributed by atoms with E-state index in [1.54, 1.807) is 0 Å². The number of H-pyrrole nitrogens is 1. The first-order chi connectivity index (χ1) is 7.27. The zero-order chi connectivity index (χ0) is 10.7. The van der Waals surface area contributed by atoms with Crippen molar-refractivity contribution in [1.29, 1.82) is 0 Å². The van der Waals surface area contributed by atoms with Crippen LogP contribution in [-0.2, 0) is 6.54 Å². The number of hydrogen-bond donors (Lipinski definition) is 2. The highest BCUT2D eigenvalue weighted by Gasteiger charge is 2.20. The Morgan fingerprint density at radius 3 is 2.93 bits per heavy atom. The predicted molar refractivity (Wildman–Crippen MR) is 61.6 cm³/mol. The third-order valence-corrected chi connectivity index (χ3v) is 3.60. The van der Waals surface area contributed by atoms with Gasteiger partial charge in [-0.15, -0.1) is 0 Å². The highest BCUT2D eigenvalue weighted by molar-refractivity contribution is 5.13. The molecule has 2 N–H and O–H groups in total. The van der Waals surface area contributed by atoms with Gasteiger partial charge in [-0.05, 0) is 25.7 Å². The molecule has 0 bridgehead atoms. The fraction of sp³-hybridized carbons (Fsp3) is 0.750. The molecular weight excluding hydrogens is 186 g/mol. The number of aromatic nitrogens is 2. The second-order valence-corrected chi connectivity index (χ2v) is 4.77. The number of nitrogens with zero attached hydrogens (tertiary/aromatic N) is 1. The number of aromatic amines is 1. The van der Waals surface area contributed by atoms with Gasteiger partial charge in [-0.25, -0.2) is 0 Å². The van der Waals surface area contributed by atoms with Gasteiger partial charge in [0.15, 0.2) is 0 Å². The lowest BCUT2D eigenvalue weighted by Crippen LogP contribution is -2.36. The van der Waals surface area contributed by atoms with Gasteiger partial charge in [0.2, 0.25) is 0 Å². The molecule has 1 saturated carbocycles.